The summed E-state index contributed by atoms with van der Waals surface area (Å²) in [5.41, 5.74) is 4.37. The Kier molecular flexibility index (Phi) is 6.20. The summed E-state index contributed by atoms with van der Waals surface area (Å²) < 4.78 is 14.3. The van der Waals surface area contributed by atoms with Gasteiger partial charge in [0.25, 0.3) is 5.91 Å². The number of rotatable bonds is 7. The van der Waals surface area contributed by atoms with Crippen molar-refractivity contribution in [1.82, 2.24) is 10.5 Å². The van der Waals surface area contributed by atoms with Crippen LogP contribution in [-0.2, 0) is 4.84 Å². The Labute approximate surface area is 164 Å². The van der Waals surface area contributed by atoms with E-state index in [9.17, 15) is 14.3 Å². The van der Waals surface area contributed by atoms with Gasteiger partial charge in [-0.1, -0.05) is 17.4 Å². The molecule has 0 bridgehead atoms. The molecule has 0 fully saturated rings. The fraction of sp³-hybridized carbons (Fsp3) is 0.263. The first kappa shape index (κ1) is 20.2. The number of thiophene rings is 1. The molecule has 9 heteroatoms. The molecule has 28 heavy (non-hydrogen) atoms. The standard InChI is InChI=1S/C19H20FN3O4S/c1-10-3-4-14(13(20)7-10)22-19-16(17(26)23-27-9-12(25)8-24)15-11(2)5-6-21-18(15)28-19/h3-7,12,22,24-25H,8-9H2,1-2H3,(H,23,26). The molecule has 1 atom stereocenters. The number of amides is 1. The highest BCUT2D eigenvalue weighted by atomic mass is 32.1. The number of nitrogens with one attached hydrogen (secondary N) is 2. The summed E-state index contributed by atoms with van der Waals surface area (Å²) in [7, 11) is 0. The zero-order valence-corrected chi connectivity index (χ0v) is 16.1. The lowest BCUT2D eigenvalue weighted by Crippen LogP contribution is -2.30. The molecule has 148 valence electrons. The highest BCUT2D eigenvalue weighted by Gasteiger charge is 2.22. The maximum absolute atomic E-state index is 14.3. The molecule has 1 amide bonds. The van der Waals surface area contributed by atoms with Gasteiger partial charge in [-0.05, 0) is 43.2 Å². The van der Waals surface area contributed by atoms with E-state index in [0.717, 1.165) is 11.1 Å². The summed E-state index contributed by atoms with van der Waals surface area (Å²) >= 11 is 1.22. The number of hydrogen-bond donors (Lipinski definition) is 4. The number of aryl methyl sites for hydroxylation is 2. The van der Waals surface area contributed by atoms with Crippen LogP contribution in [-0.4, -0.2) is 40.4 Å². The number of pyridine rings is 1. The van der Waals surface area contributed by atoms with Gasteiger partial charge in [-0.2, -0.15) is 0 Å². The number of carbonyl (C=O) groups is 1. The van der Waals surface area contributed by atoms with Gasteiger partial charge >= 0.3 is 0 Å². The highest BCUT2D eigenvalue weighted by Crippen LogP contribution is 2.38. The predicted molar refractivity (Wildman–Crippen MR) is 105 cm³/mol. The van der Waals surface area contributed by atoms with Gasteiger partial charge in [0.2, 0.25) is 0 Å². The van der Waals surface area contributed by atoms with Crippen LogP contribution in [0.2, 0.25) is 0 Å². The first-order chi connectivity index (χ1) is 13.4. The summed E-state index contributed by atoms with van der Waals surface area (Å²) in [4.78, 5) is 22.7. The fourth-order valence-electron chi connectivity index (χ4n) is 2.63. The normalized spacial score (nSPS) is 12.2. The van der Waals surface area contributed by atoms with Crippen molar-refractivity contribution in [3.63, 3.8) is 0 Å². The second kappa shape index (κ2) is 8.61. The van der Waals surface area contributed by atoms with Gasteiger partial charge in [-0.15, -0.1) is 0 Å². The molecule has 3 aromatic rings. The number of benzene rings is 1. The summed E-state index contributed by atoms with van der Waals surface area (Å²) in [5, 5.41) is 22.2. The minimum absolute atomic E-state index is 0.237. The smallest absolute Gasteiger partial charge is 0.278 e. The average molecular weight is 405 g/mol. The van der Waals surface area contributed by atoms with Crippen LogP contribution >= 0.6 is 11.3 Å². The average Bonchev–Trinajstić information content (AvgIpc) is 3.03. The zero-order chi connectivity index (χ0) is 20.3. The van der Waals surface area contributed by atoms with Crippen molar-refractivity contribution in [2.75, 3.05) is 18.5 Å². The van der Waals surface area contributed by atoms with Crippen LogP contribution in [0.15, 0.2) is 30.5 Å². The number of nitrogens with zero attached hydrogens (tertiary/aromatic N) is 1. The number of hydroxylamine groups is 1. The van der Waals surface area contributed by atoms with E-state index < -0.39 is 24.4 Å². The van der Waals surface area contributed by atoms with Gasteiger partial charge in [-0.25, -0.2) is 14.9 Å². The lowest BCUT2D eigenvalue weighted by molar-refractivity contribution is -0.0294. The Morgan fingerprint density at radius 3 is 2.86 bits per heavy atom. The molecule has 3 rings (SSSR count). The van der Waals surface area contributed by atoms with E-state index in [4.69, 9.17) is 9.94 Å². The summed E-state index contributed by atoms with van der Waals surface area (Å²) in [6, 6.07) is 6.54. The number of aromatic nitrogens is 1. The van der Waals surface area contributed by atoms with E-state index in [-0.39, 0.29) is 17.9 Å². The molecule has 7 nitrogen and oxygen atoms in total. The minimum Gasteiger partial charge on any atom is -0.394 e. The summed E-state index contributed by atoms with van der Waals surface area (Å²) in [6.07, 6.45) is 0.530. The third-order valence-corrected chi connectivity index (χ3v) is 5.06. The molecule has 0 saturated heterocycles. The van der Waals surface area contributed by atoms with Crippen LogP contribution in [0.3, 0.4) is 0 Å². The third-order valence-electron chi connectivity index (χ3n) is 4.05. The minimum atomic E-state index is -1.11. The fourth-order valence-corrected chi connectivity index (χ4v) is 3.76. The molecular weight excluding hydrogens is 385 g/mol. The molecule has 1 unspecified atom stereocenters. The van der Waals surface area contributed by atoms with Crippen LogP contribution in [0, 0.1) is 19.7 Å². The molecule has 0 aliphatic carbocycles. The second-order valence-corrected chi connectivity index (χ2v) is 7.30. The van der Waals surface area contributed by atoms with Crippen LogP contribution in [0.1, 0.15) is 21.5 Å². The number of carbonyl (C=O) groups excluding carboxylic acids is 1. The Hall–Kier alpha value is -2.59. The van der Waals surface area contributed by atoms with E-state index in [1.807, 2.05) is 6.92 Å². The van der Waals surface area contributed by atoms with Crippen molar-refractivity contribution < 1.29 is 24.2 Å². The van der Waals surface area contributed by atoms with Crippen LogP contribution in [0.25, 0.3) is 10.2 Å². The number of aliphatic hydroxyl groups is 2. The molecule has 2 aromatic heterocycles. The van der Waals surface area contributed by atoms with Crippen molar-refractivity contribution >= 4 is 38.1 Å². The van der Waals surface area contributed by atoms with E-state index >= 15 is 0 Å². The molecular formula is C19H20FN3O4S. The largest absolute Gasteiger partial charge is 0.394 e. The monoisotopic (exact) mass is 405 g/mol. The van der Waals surface area contributed by atoms with Gasteiger partial charge < -0.3 is 15.5 Å². The van der Waals surface area contributed by atoms with Crippen LogP contribution in [0.5, 0.6) is 0 Å². The Balaban J connectivity index is 1.96. The molecule has 0 aliphatic heterocycles. The van der Waals surface area contributed by atoms with E-state index in [2.05, 4.69) is 15.8 Å². The van der Waals surface area contributed by atoms with Gasteiger partial charge in [-0.3, -0.25) is 9.63 Å². The third kappa shape index (κ3) is 4.28. The van der Waals surface area contributed by atoms with Gasteiger partial charge in [0.1, 0.15) is 28.4 Å². The van der Waals surface area contributed by atoms with Crippen molar-refractivity contribution in [2.24, 2.45) is 0 Å². The van der Waals surface area contributed by atoms with E-state index in [1.54, 1.807) is 31.3 Å². The quantitative estimate of drug-likeness (QED) is 0.451. The van der Waals surface area contributed by atoms with Gasteiger partial charge in [0.15, 0.2) is 0 Å². The van der Waals surface area contributed by atoms with Crippen molar-refractivity contribution in [2.45, 2.75) is 20.0 Å². The lowest BCUT2D eigenvalue weighted by Gasteiger charge is -2.11. The first-order valence-electron chi connectivity index (χ1n) is 8.53. The number of fused-ring (bicyclic) bond motifs is 1. The highest BCUT2D eigenvalue weighted by molar-refractivity contribution is 7.23. The molecule has 4 N–H and O–H groups in total. The molecule has 0 radical (unpaired) electrons. The lowest BCUT2D eigenvalue weighted by atomic mass is 10.1. The molecule has 0 aliphatic rings. The molecule has 0 spiro atoms. The Morgan fingerprint density at radius 1 is 1.36 bits per heavy atom. The van der Waals surface area contributed by atoms with E-state index in [1.165, 1.54) is 17.4 Å². The van der Waals surface area contributed by atoms with Gasteiger partial charge in [0.05, 0.1) is 17.9 Å². The Morgan fingerprint density at radius 2 is 2.14 bits per heavy atom. The summed E-state index contributed by atoms with van der Waals surface area (Å²) in [6.45, 7) is 2.88. The number of aliphatic hydroxyl groups excluding tert-OH is 2. The van der Waals surface area contributed by atoms with Gasteiger partial charge in [0, 0.05) is 11.6 Å². The Bertz CT molecular complexity index is 1010. The zero-order valence-electron chi connectivity index (χ0n) is 15.3. The van der Waals surface area contributed by atoms with Crippen LogP contribution < -0.4 is 10.8 Å². The second-order valence-electron chi connectivity index (χ2n) is 6.30. The molecule has 0 saturated carbocycles. The molecule has 1 aromatic carbocycles. The maximum atomic E-state index is 14.3. The number of anilines is 2. The van der Waals surface area contributed by atoms with Crippen molar-refractivity contribution in [1.29, 1.82) is 0 Å². The van der Waals surface area contributed by atoms with Crippen molar-refractivity contribution in [3.8, 4) is 0 Å². The van der Waals surface area contributed by atoms with E-state index in [0.29, 0.717) is 15.2 Å². The molecule has 2 heterocycles. The number of hydrogen-bond acceptors (Lipinski definition) is 7. The topological polar surface area (TPSA) is 104 Å². The number of halogens is 1. The SMILES string of the molecule is Cc1ccc(Nc2sc3nccc(C)c3c2C(=O)NOCC(O)CO)c(F)c1. The summed E-state index contributed by atoms with van der Waals surface area (Å²) in [5.74, 6) is -1.00. The van der Waals surface area contributed by atoms with Crippen LogP contribution in [0.4, 0.5) is 15.1 Å². The maximum Gasteiger partial charge on any atom is 0.278 e. The van der Waals surface area contributed by atoms with Crippen molar-refractivity contribution in [3.05, 3.63) is 53.0 Å². The predicted octanol–water partition coefficient (Wildman–Crippen LogP) is 2.81. The first-order valence-corrected chi connectivity index (χ1v) is 9.34.